The SMILES string of the molecule is Cc1ncsc1CNC(=O)N1C[C@@H](O)C[C@H]1C(=O)O. The maximum absolute atomic E-state index is 11.9. The van der Waals surface area contributed by atoms with E-state index in [1.807, 2.05) is 6.92 Å². The van der Waals surface area contributed by atoms with Gasteiger partial charge in [0.2, 0.25) is 0 Å². The van der Waals surface area contributed by atoms with E-state index in [0.717, 1.165) is 15.5 Å². The summed E-state index contributed by atoms with van der Waals surface area (Å²) >= 11 is 1.43. The monoisotopic (exact) mass is 285 g/mol. The number of thiazole rings is 1. The first-order valence-electron chi connectivity index (χ1n) is 5.83. The van der Waals surface area contributed by atoms with Crippen molar-refractivity contribution in [2.24, 2.45) is 0 Å². The van der Waals surface area contributed by atoms with Crippen molar-refractivity contribution < 1.29 is 19.8 Å². The fourth-order valence-corrected chi connectivity index (χ4v) is 2.74. The number of amides is 2. The first kappa shape index (κ1) is 13.8. The third-order valence-corrected chi connectivity index (χ3v) is 4.01. The smallest absolute Gasteiger partial charge is 0.326 e. The molecule has 8 heteroatoms. The highest BCUT2D eigenvalue weighted by atomic mass is 32.1. The van der Waals surface area contributed by atoms with Crippen LogP contribution in [0.3, 0.4) is 0 Å². The Morgan fingerprint density at radius 2 is 2.37 bits per heavy atom. The number of nitrogens with one attached hydrogen (secondary N) is 1. The quantitative estimate of drug-likeness (QED) is 0.735. The number of β-amino-alcohol motifs (C(OH)–C–C–N with tert-alkyl or cyclic N) is 1. The number of nitrogens with zero attached hydrogens (tertiary/aromatic N) is 2. The molecule has 2 atom stereocenters. The molecule has 7 nitrogen and oxygen atoms in total. The molecule has 1 aliphatic heterocycles. The molecule has 0 saturated carbocycles. The molecule has 2 heterocycles. The zero-order chi connectivity index (χ0) is 14.0. The molecule has 1 saturated heterocycles. The fourth-order valence-electron chi connectivity index (χ4n) is 2.03. The van der Waals surface area contributed by atoms with E-state index in [-0.39, 0.29) is 13.0 Å². The molecule has 0 radical (unpaired) electrons. The number of aliphatic hydroxyl groups excluding tert-OH is 1. The number of aromatic nitrogens is 1. The highest BCUT2D eigenvalue weighted by molar-refractivity contribution is 7.09. The van der Waals surface area contributed by atoms with Gasteiger partial charge in [0.05, 0.1) is 23.9 Å². The number of carboxylic acids is 1. The van der Waals surface area contributed by atoms with E-state index in [1.54, 1.807) is 5.51 Å². The molecule has 1 fully saturated rings. The molecule has 0 aromatic carbocycles. The van der Waals surface area contributed by atoms with Crippen LogP contribution >= 0.6 is 11.3 Å². The van der Waals surface area contributed by atoms with Gasteiger partial charge in [0.25, 0.3) is 0 Å². The van der Waals surface area contributed by atoms with Crippen LogP contribution in [0.5, 0.6) is 0 Å². The molecule has 1 aliphatic rings. The average molecular weight is 285 g/mol. The summed E-state index contributed by atoms with van der Waals surface area (Å²) in [7, 11) is 0. The number of aliphatic carboxylic acids is 1. The third-order valence-electron chi connectivity index (χ3n) is 3.07. The Balaban J connectivity index is 1.96. The topological polar surface area (TPSA) is 103 Å². The first-order chi connectivity index (χ1) is 8.99. The number of likely N-dealkylation sites (tertiary alicyclic amines) is 1. The minimum absolute atomic E-state index is 0.0461. The molecule has 0 aliphatic carbocycles. The zero-order valence-electron chi connectivity index (χ0n) is 10.4. The Kier molecular flexibility index (Phi) is 4.01. The Labute approximate surface area is 113 Å². The van der Waals surface area contributed by atoms with E-state index >= 15 is 0 Å². The van der Waals surface area contributed by atoms with Gasteiger partial charge >= 0.3 is 12.0 Å². The summed E-state index contributed by atoms with van der Waals surface area (Å²) < 4.78 is 0. The second kappa shape index (κ2) is 5.54. The molecular formula is C11H15N3O4S. The molecule has 2 amide bonds. The Morgan fingerprint density at radius 3 is 2.95 bits per heavy atom. The molecule has 2 rings (SSSR count). The first-order valence-corrected chi connectivity index (χ1v) is 6.71. The Hall–Kier alpha value is -1.67. The number of urea groups is 1. The van der Waals surface area contributed by atoms with Gasteiger partial charge in [-0.15, -0.1) is 11.3 Å². The maximum Gasteiger partial charge on any atom is 0.326 e. The van der Waals surface area contributed by atoms with Gasteiger partial charge in [-0.1, -0.05) is 0 Å². The van der Waals surface area contributed by atoms with E-state index in [2.05, 4.69) is 10.3 Å². The lowest BCUT2D eigenvalue weighted by Gasteiger charge is -2.21. The van der Waals surface area contributed by atoms with E-state index in [1.165, 1.54) is 11.3 Å². The van der Waals surface area contributed by atoms with Crippen molar-refractivity contribution in [2.45, 2.75) is 32.0 Å². The van der Waals surface area contributed by atoms with Crippen LogP contribution in [0.15, 0.2) is 5.51 Å². The standard InChI is InChI=1S/C11H15N3O4S/c1-6-9(19-5-13-6)3-12-11(18)14-4-7(15)2-8(14)10(16)17/h5,7-8,15H,2-4H2,1H3,(H,12,18)(H,16,17)/t7-,8-/m0/s1. The van der Waals surface area contributed by atoms with Crippen molar-refractivity contribution in [3.63, 3.8) is 0 Å². The van der Waals surface area contributed by atoms with Crippen LogP contribution in [-0.4, -0.2) is 50.8 Å². The summed E-state index contributed by atoms with van der Waals surface area (Å²) in [5.74, 6) is -1.10. The van der Waals surface area contributed by atoms with Crippen molar-refractivity contribution in [1.29, 1.82) is 0 Å². The predicted molar refractivity (Wildman–Crippen MR) is 67.8 cm³/mol. The number of carboxylic acid groups (broad SMARTS) is 1. The minimum atomic E-state index is -1.10. The second-order valence-electron chi connectivity index (χ2n) is 4.42. The third kappa shape index (κ3) is 3.02. The van der Waals surface area contributed by atoms with Crippen LogP contribution in [0.4, 0.5) is 4.79 Å². The molecule has 1 aromatic heterocycles. The van der Waals surface area contributed by atoms with E-state index in [0.29, 0.717) is 6.54 Å². The van der Waals surface area contributed by atoms with Crippen LogP contribution in [0.2, 0.25) is 0 Å². The number of aliphatic hydroxyl groups is 1. The summed E-state index contributed by atoms with van der Waals surface area (Å²) in [6.45, 7) is 2.20. The van der Waals surface area contributed by atoms with Crippen LogP contribution in [0, 0.1) is 6.92 Å². The predicted octanol–water partition coefficient (Wildman–Crippen LogP) is 0.181. The molecule has 104 valence electrons. The summed E-state index contributed by atoms with van der Waals surface area (Å²) in [6.07, 6.45) is -0.709. The summed E-state index contributed by atoms with van der Waals surface area (Å²) in [5.41, 5.74) is 2.54. The normalized spacial score (nSPS) is 22.5. The maximum atomic E-state index is 11.9. The van der Waals surface area contributed by atoms with E-state index in [4.69, 9.17) is 5.11 Å². The number of carbonyl (C=O) groups is 2. The molecule has 0 bridgehead atoms. The van der Waals surface area contributed by atoms with Gasteiger partial charge in [-0.2, -0.15) is 0 Å². The Bertz CT molecular complexity index is 490. The minimum Gasteiger partial charge on any atom is -0.480 e. The van der Waals surface area contributed by atoms with Gasteiger partial charge in [-0.25, -0.2) is 14.6 Å². The van der Waals surface area contributed by atoms with Crippen molar-refractivity contribution in [2.75, 3.05) is 6.54 Å². The van der Waals surface area contributed by atoms with Gasteiger partial charge in [0, 0.05) is 17.8 Å². The highest BCUT2D eigenvalue weighted by Gasteiger charge is 2.38. The molecule has 0 unspecified atom stereocenters. The van der Waals surface area contributed by atoms with Crippen LogP contribution < -0.4 is 5.32 Å². The molecular weight excluding hydrogens is 270 g/mol. The summed E-state index contributed by atoms with van der Waals surface area (Å²) in [4.78, 5) is 29.1. The van der Waals surface area contributed by atoms with Gasteiger partial charge in [-0.3, -0.25) is 0 Å². The lowest BCUT2D eigenvalue weighted by molar-refractivity contribution is -0.141. The molecule has 19 heavy (non-hydrogen) atoms. The van der Waals surface area contributed by atoms with Crippen molar-refractivity contribution >= 4 is 23.3 Å². The molecule has 1 aromatic rings. The fraction of sp³-hybridized carbons (Fsp3) is 0.545. The van der Waals surface area contributed by atoms with Gasteiger partial charge in [0.15, 0.2) is 0 Å². The van der Waals surface area contributed by atoms with Crippen LogP contribution in [0.25, 0.3) is 0 Å². The van der Waals surface area contributed by atoms with Gasteiger partial charge < -0.3 is 20.4 Å². The molecule has 0 spiro atoms. The number of aryl methyl sites for hydroxylation is 1. The Morgan fingerprint density at radius 1 is 1.63 bits per heavy atom. The largest absolute Gasteiger partial charge is 0.480 e. The lowest BCUT2D eigenvalue weighted by Crippen LogP contribution is -2.45. The van der Waals surface area contributed by atoms with E-state index < -0.39 is 24.1 Å². The second-order valence-corrected chi connectivity index (χ2v) is 5.35. The van der Waals surface area contributed by atoms with E-state index in [9.17, 15) is 14.7 Å². The van der Waals surface area contributed by atoms with Gasteiger partial charge in [0.1, 0.15) is 6.04 Å². The molecule has 3 N–H and O–H groups in total. The van der Waals surface area contributed by atoms with Crippen LogP contribution in [-0.2, 0) is 11.3 Å². The van der Waals surface area contributed by atoms with Crippen LogP contribution in [0.1, 0.15) is 17.0 Å². The van der Waals surface area contributed by atoms with Gasteiger partial charge in [-0.05, 0) is 6.92 Å². The highest BCUT2D eigenvalue weighted by Crippen LogP contribution is 2.18. The summed E-state index contributed by atoms with van der Waals surface area (Å²) in [5, 5.41) is 21.1. The number of hydrogen-bond donors (Lipinski definition) is 3. The van der Waals surface area contributed by atoms with Crippen molar-refractivity contribution in [3.05, 3.63) is 16.1 Å². The summed E-state index contributed by atoms with van der Waals surface area (Å²) in [6, 6.07) is -1.44. The van der Waals surface area contributed by atoms with Crippen molar-refractivity contribution in [1.82, 2.24) is 15.2 Å². The number of rotatable bonds is 3. The lowest BCUT2D eigenvalue weighted by atomic mass is 10.2. The average Bonchev–Trinajstić information content (AvgIpc) is 2.92. The van der Waals surface area contributed by atoms with Crippen molar-refractivity contribution in [3.8, 4) is 0 Å². The number of carbonyl (C=O) groups excluding carboxylic acids is 1. The zero-order valence-corrected chi connectivity index (χ0v) is 11.2. The number of hydrogen-bond acceptors (Lipinski definition) is 5.